The van der Waals surface area contributed by atoms with Crippen LogP contribution in [0.25, 0.3) is 0 Å². The van der Waals surface area contributed by atoms with E-state index in [1.165, 1.54) is 12.8 Å². The fourth-order valence-electron chi connectivity index (χ4n) is 1.24. The van der Waals surface area contributed by atoms with E-state index >= 15 is 0 Å². The first-order chi connectivity index (χ1) is 6.22. The second-order valence-corrected chi connectivity index (χ2v) is 3.47. The molecule has 0 aliphatic carbocycles. The second kappa shape index (κ2) is 8.24. The maximum absolute atomic E-state index is 11.1. The van der Waals surface area contributed by atoms with Crippen molar-refractivity contribution < 1.29 is 9.53 Å². The first kappa shape index (κ1) is 12.6. The van der Waals surface area contributed by atoms with Crippen molar-refractivity contribution in [2.24, 2.45) is 0 Å². The number of Topliss-reactive ketones (excluding diaryl/α,β-unsaturated/α-hetero) is 1. The van der Waals surface area contributed by atoms with E-state index in [4.69, 9.17) is 4.74 Å². The Morgan fingerprint density at radius 3 is 2.38 bits per heavy atom. The Bertz CT molecular complexity index is 132. The monoisotopic (exact) mass is 186 g/mol. The molecule has 0 aliphatic rings. The largest absolute Gasteiger partial charge is 0.370 e. The highest BCUT2D eigenvalue weighted by atomic mass is 16.5. The molecule has 2 nitrogen and oxygen atoms in total. The standard InChI is InChI=1S/C11H22O2/c1-4-6-7-8-11(10(3)12)13-9-5-2/h11H,4-9H2,1-3H3. The van der Waals surface area contributed by atoms with Gasteiger partial charge in [0.05, 0.1) is 0 Å². The third-order valence-corrected chi connectivity index (χ3v) is 2.05. The summed E-state index contributed by atoms with van der Waals surface area (Å²) >= 11 is 0. The lowest BCUT2D eigenvalue weighted by molar-refractivity contribution is -0.128. The summed E-state index contributed by atoms with van der Waals surface area (Å²) in [5, 5.41) is 0. The number of ether oxygens (including phenoxy) is 1. The molecule has 13 heavy (non-hydrogen) atoms. The predicted molar refractivity (Wildman–Crippen MR) is 54.9 cm³/mol. The van der Waals surface area contributed by atoms with E-state index in [9.17, 15) is 4.79 Å². The molecule has 0 bridgehead atoms. The van der Waals surface area contributed by atoms with Crippen LogP contribution in [-0.2, 0) is 9.53 Å². The van der Waals surface area contributed by atoms with Crippen LogP contribution in [0.1, 0.15) is 52.9 Å². The Hall–Kier alpha value is -0.370. The van der Waals surface area contributed by atoms with Gasteiger partial charge in [0.15, 0.2) is 5.78 Å². The number of unbranched alkanes of at least 4 members (excludes halogenated alkanes) is 2. The van der Waals surface area contributed by atoms with Gasteiger partial charge in [-0.15, -0.1) is 0 Å². The average Bonchev–Trinajstić information content (AvgIpc) is 2.10. The molecule has 0 saturated heterocycles. The molecular weight excluding hydrogens is 164 g/mol. The van der Waals surface area contributed by atoms with Gasteiger partial charge in [0.1, 0.15) is 6.10 Å². The molecule has 0 rings (SSSR count). The highest BCUT2D eigenvalue weighted by Gasteiger charge is 2.12. The number of carbonyl (C=O) groups is 1. The molecule has 0 N–H and O–H groups in total. The van der Waals surface area contributed by atoms with Gasteiger partial charge in [-0.05, 0) is 19.8 Å². The Labute approximate surface area is 81.7 Å². The molecule has 0 spiro atoms. The molecule has 0 aromatic rings. The lowest BCUT2D eigenvalue weighted by Gasteiger charge is -2.13. The summed E-state index contributed by atoms with van der Waals surface area (Å²) in [6.45, 7) is 6.54. The molecule has 0 fully saturated rings. The molecule has 2 heteroatoms. The first-order valence-electron chi connectivity index (χ1n) is 5.34. The second-order valence-electron chi connectivity index (χ2n) is 3.47. The van der Waals surface area contributed by atoms with E-state index < -0.39 is 0 Å². The lowest BCUT2D eigenvalue weighted by atomic mass is 10.1. The van der Waals surface area contributed by atoms with Crippen LogP contribution in [0.5, 0.6) is 0 Å². The van der Waals surface area contributed by atoms with E-state index in [0.717, 1.165) is 19.3 Å². The molecule has 0 aliphatic heterocycles. The molecule has 0 heterocycles. The minimum atomic E-state index is -0.147. The van der Waals surface area contributed by atoms with Gasteiger partial charge in [-0.3, -0.25) is 4.79 Å². The van der Waals surface area contributed by atoms with Crippen molar-refractivity contribution in [3.05, 3.63) is 0 Å². The molecule has 78 valence electrons. The van der Waals surface area contributed by atoms with Crippen molar-refractivity contribution in [1.29, 1.82) is 0 Å². The molecule has 0 amide bonds. The Kier molecular flexibility index (Phi) is 8.00. The number of hydrogen-bond acceptors (Lipinski definition) is 2. The maximum atomic E-state index is 11.1. The van der Waals surface area contributed by atoms with Crippen LogP contribution >= 0.6 is 0 Å². The molecule has 1 unspecified atom stereocenters. The SMILES string of the molecule is CCCCCC(OCCC)C(C)=O. The van der Waals surface area contributed by atoms with Crippen LogP contribution in [0.3, 0.4) is 0 Å². The minimum Gasteiger partial charge on any atom is -0.370 e. The number of carbonyl (C=O) groups excluding carboxylic acids is 1. The van der Waals surface area contributed by atoms with Gasteiger partial charge in [0.25, 0.3) is 0 Å². The molecule has 0 aromatic carbocycles. The Morgan fingerprint density at radius 1 is 1.23 bits per heavy atom. The zero-order chi connectivity index (χ0) is 10.1. The Morgan fingerprint density at radius 2 is 1.92 bits per heavy atom. The average molecular weight is 186 g/mol. The van der Waals surface area contributed by atoms with E-state index in [1.54, 1.807) is 6.92 Å². The van der Waals surface area contributed by atoms with Crippen LogP contribution < -0.4 is 0 Å². The summed E-state index contributed by atoms with van der Waals surface area (Å²) in [6.07, 6.45) is 5.22. The van der Waals surface area contributed by atoms with Crippen molar-refractivity contribution in [2.75, 3.05) is 6.61 Å². The zero-order valence-electron chi connectivity index (χ0n) is 9.14. The smallest absolute Gasteiger partial charge is 0.158 e. The topological polar surface area (TPSA) is 26.3 Å². The Balaban J connectivity index is 3.61. The first-order valence-corrected chi connectivity index (χ1v) is 5.34. The summed E-state index contributed by atoms with van der Waals surface area (Å²) in [4.78, 5) is 11.1. The molecular formula is C11H22O2. The van der Waals surface area contributed by atoms with Gasteiger partial charge < -0.3 is 4.74 Å². The van der Waals surface area contributed by atoms with Gasteiger partial charge in [0.2, 0.25) is 0 Å². The van der Waals surface area contributed by atoms with Gasteiger partial charge in [-0.25, -0.2) is 0 Å². The van der Waals surface area contributed by atoms with E-state index in [0.29, 0.717) is 6.61 Å². The number of ketones is 1. The summed E-state index contributed by atoms with van der Waals surface area (Å²) in [5.74, 6) is 0.171. The third kappa shape index (κ3) is 6.76. The van der Waals surface area contributed by atoms with Gasteiger partial charge in [-0.1, -0.05) is 33.1 Å². The van der Waals surface area contributed by atoms with Crippen LogP contribution in [0, 0.1) is 0 Å². The maximum Gasteiger partial charge on any atom is 0.158 e. The molecule has 0 aromatic heterocycles. The summed E-state index contributed by atoms with van der Waals surface area (Å²) < 4.78 is 5.45. The number of rotatable bonds is 8. The quantitative estimate of drug-likeness (QED) is 0.545. The molecule has 1 atom stereocenters. The van der Waals surface area contributed by atoms with E-state index in [1.807, 2.05) is 0 Å². The van der Waals surface area contributed by atoms with Gasteiger partial charge >= 0.3 is 0 Å². The third-order valence-electron chi connectivity index (χ3n) is 2.05. The van der Waals surface area contributed by atoms with Gasteiger partial charge in [0, 0.05) is 6.61 Å². The van der Waals surface area contributed by atoms with Gasteiger partial charge in [-0.2, -0.15) is 0 Å². The van der Waals surface area contributed by atoms with E-state index in [-0.39, 0.29) is 11.9 Å². The highest BCUT2D eigenvalue weighted by molar-refractivity contribution is 5.80. The van der Waals surface area contributed by atoms with Crippen LogP contribution in [0.2, 0.25) is 0 Å². The fraction of sp³-hybridized carbons (Fsp3) is 0.909. The van der Waals surface area contributed by atoms with Crippen molar-refractivity contribution in [3.8, 4) is 0 Å². The highest BCUT2D eigenvalue weighted by Crippen LogP contribution is 2.08. The molecule has 0 radical (unpaired) electrons. The number of hydrogen-bond donors (Lipinski definition) is 0. The van der Waals surface area contributed by atoms with Crippen molar-refractivity contribution in [2.45, 2.75) is 59.0 Å². The van der Waals surface area contributed by atoms with Crippen LogP contribution in [-0.4, -0.2) is 18.5 Å². The van der Waals surface area contributed by atoms with Crippen LogP contribution in [0.15, 0.2) is 0 Å². The van der Waals surface area contributed by atoms with E-state index in [2.05, 4.69) is 13.8 Å². The zero-order valence-corrected chi connectivity index (χ0v) is 9.14. The van der Waals surface area contributed by atoms with Crippen molar-refractivity contribution in [3.63, 3.8) is 0 Å². The normalized spacial score (nSPS) is 12.8. The minimum absolute atomic E-state index is 0.147. The van der Waals surface area contributed by atoms with Crippen LogP contribution in [0.4, 0.5) is 0 Å². The summed E-state index contributed by atoms with van der Waals surface area (Å²) in [5.41, 5.74) is 0. The van der Waals surface area contributed by atoms with Crippen molar-refractivity contribution in [1.82, 2.24) is 0 Å². The fourth-order valence-corrected chi connectivity index (χ4v) is 1.24. The summed E-state index contributed by atoms with van der Waals surface area (Å²) in [7, 11) is 0. The molecule has 0 saturated carbocycles. The summed E-state index contributed by atoms with van der Waals surface area (Å²) in [6, 6.07) is 0. The predicted octanol–water partition coefficient (Wildman–Crippen LogP) is 2.95. The van der Waals surface area contributed by atoms with Crippen molar-refractivity contribution >= 4 is 5.78 Å². The lowest BCUT2D eigenvalue weighted by Crippen LogP contribution is -2.22.